The summed E-state index contributed by atoms with van der Waals surface area (Å²) >= 11 is 0. The van der Waals surface area contributed by atoms with Crippen LogP contribution in [0.5, 0.6) is 5.75 Å². The van der Waals surface area contributed by atoms with Crippen molar-refractivity contribution in [1.29, 1.82) is 5.41 Å². The van der Waals surface area contributed by atoms with E-state index in [1.54, 1.807) is 12.1 Å². The topological polar surface area (TPSA) is 290 Å². The number of carboxylic acids is 2. The van der Waals surface area contributed by atoms with Gasteiger partial charge in [0.2, 0.25) is 23.6 Å². The van der Waals surface area contributed by atoms with Crippen molar-refractivity contribution < 1.29 is 44.1 Å². The van der Waals surface area contributed by atoms with E-state index in [-0.39, 0.29) is 50.5 Å². The number of carbonyl (C=O) groups is 6. The molecular formula is C27H40N8O9. The van der Waals surface area contributed by atoms with Crippen LogP contribution in [0, 0.1) is 5.41 Å². The van der Waals surface area contributed by atoms with Crippen molar-refractivity contribution in [2.75, 3.05) is 19.6 Å². The second kappa shape index (κ2) is 17.3. The fraction of sp³-hybridized carbons (Fsp3) is 0.519. The molecule has 1 saturated heterocycles. The summed E-state index contributed by atoms with van der Waals surface area (Å²) in [4.78, 5) is 75.7. The first-order chi connectivity index (χ1) is 20.8. The summed E-state index contributed by atoms with van der Waals surface area (Å²) in [6, 6.07) is 1.66. The molecule has 44 heavy (non-hydrogen) atoms. The zero-order valence-electron chi connectivity index (χ0n) is 24.1. The zero-order chi connectivity index (χ0) is 32.8. The summed E-state index contributed by atoms with van der Waals surface area (Å²) in [5, 5.41) is 44.4. The van der Waals surface area contributed by atoms with Crippen molar-refractivity contribution in [2.45, 2.75) is 69.1 Å². The van der Waals surface area contributed by atoms with Crippen LogP contribution in [-0.4, -0.2) is 106 Å². The van der Waals surface area contributed by atoms with Gasteiger partial charge in [-0.2, -0.15) is 0 Å². The molecule has 12 N–H and O–H groups in total. The number of likely N-dealkylation sites (tertiary alicyclic amines) is 1. The summed E-state index contributed by atoms with van der Waals surface area (Å²) in [6.07, 6.45) is 0.394. The van der Waals surface area contributed by atoms with Crippen LogP contribution in [0.1, 0.15) is 44.1 Å². The van der Waals surface area contributed by atoms with Crippen molar-refractivity contribution in [3.63, 3.8) is 0 Å². The first-order valence-corrected chi connectivity index (χ1v) is 14.0. The maximum atomic E-state index is 13.4. The van der Waals surface area contributed by atoms with E-state index in [1.807, 2.05) is 0 Å². The number of nitrogens with one attached hydrogen (secondary N) is 5. The van der Waals surface area contributed by atoms with Gasteiger partial charge in [0.15, 0.2) is 5.96 Å². The van der Waals surface area contributed by atoms with E-state index in [0.717, 1.165) is 0 Å². The second-order valence-electron chi connectivity index (χ2n) is 10.3. The molecule has 0 spiro atoms. The lowest BCUT2D eigenvalue weighted by Gasteiger charge is -2.29. The van der Waals surface area contributed by atoms with Gasteiger partial charge in [0, 0.05) is 19.5 Å². The third kappa shape index (κ3) is 11.7. The third-order valence-corrected chi connectivity index (χ3v) is 6.86. The third-order valence-electron chi connectivity index (χ3n) is 6.86. The Balaban J connectivity index is 2.15. The van der Waals surface area contributed by atoms with Crippen LogP contribution in [0.2, 0.25) is 0 Å². The molecule has 2 rings (SSSR count). The van der Waals surface area contributed by atoms with Gasteiger partial charge in [-0.3, -0.25) is 34.2 Å². The van der Waals surface area contributed by atoms with Gasteiger partial charge >= 0.3 is 11.9 Å². The fourth-order valence-electron chi connectivity index (χ4n) is 4.65. The number of hydrogen-bond donors (Lipinski definition) is 10. The molecule has 1 aromatic carbocycles. The number of aromatic hydroxyl groups is 1. The molecule has 4 atom stereocenters. The largest absolute Gasteiger partial charge is 0.508 e. The van der Waals surface area contributed by atoms with Gasteiger partial charge in [-0.15, -0.1) is 0 Å². The molecule has 1 heterocycles. The number of benzene rings is 1. The first-order valence-electron chi connectivity index (χ1n) is 14.0. The average Bonchev–Trinajstić information content (AvgIpc) is 3.46. The lowest BCUT2D eigenvalue weighted by molar-refractivity contribution is -0.141. The van der Waals surface area contributed by atoms with Gasteiger partial charge in [-0.05, 0) is 56.2 Å². The molecule has 1 aliphatic rings. The van der Waals surface area contributed by atoms with E-state index in [9.17, 15) is 33.9 Å². The van der Waals surface area contributed by atoms with Gasteiger partial charge in [0.05, 0.1) is 6.04 Å². The molecule has 0 bridgehead atoms. The highest BCUT2D eigenvalue weighted by molar-refractivity contribution is 5.95. The van der Waals surface area contributed by atoms with E-state index in [1.165, 1.54) is 17.0 Å². The van der Waals surface area contributed by atoms with E-state index < -0.39 is 72.7 Å². The van der Waals surface area contributed by atoms with Crippen LogP contribution in [0.3, 0.4) is 0 Å². The Hall–Kier alpha value is -4.93. The predicted molar refractivity (Wildman–Crippen MR) is 155 cm³/mol. The van der Waals surface area contributed by atoms with E-state index in [0.29, 0.717) is 18.4 Å². The number of nitrogens with two attached hydrogens (primary N) is 2. The van der Waals surface area contributed by atoms with Crippen LogP contribution in [0.4, 0.5) is 0 Å². The molecule has 0 unspecified atom stereocenters. The fourth-order valence-corrected chi connectivity index (χ4v) is 4.65. The van der Waals surface area contributed by atoms with Gasteiger partial charge < -0.3 is 53.0 Å². The molecule has 17 heteroatoms. The standard InChI is InChI=1S/C27H40N8O9/c28-17(13-15-5-7-16(36)8-6-15)26(44)35-12-2-4-20(35)25(43)34-18(3-1-11-31-27(29)30)24(42)33-19(9-10-21(37)38)23(41)32-14-22(39)40/h5-8,17-20,36H,1-4,9-14,28H2,(H,32,41)(H,33,42)(H,34,43)(H,37,38)(H,39,40)(H4,29,30,31)/t17-,18-,19-,20-/m1/s1. The Bertz CT molecular complexity index is 1210. The monoisotopic (exact) mass is 620 g/mol. The summed E-state index contributed by atoms with van der Waals surface area (Å²) in [5.74, 6) is -5.68. The van der Waals surface area contributed by atoms with Gasteiger partial charge in [-0.1, -0.05) is 12.1 Å². The smallest absolute Gasteiger partial charge is 0.322 e. The van der Waals surface area contributed by atoms with Crippen molar-refractivity contribution in [3.05, 3.63) is 29.8 Å². The first kappa shape index (κ1) is 35.3. The van der Waals surface area contributed by atoms with E-state index in [4.69, 9.17) is 27.1 Å². The van der Waals surface area contributed by atoms with Gasteiger partial charge in [-0.25, -0.2) is 0 Å². The Labute approximate surface area is 253 Å². The number of hydrogen-bond acceptors (Lipinski definition) is 9. The van der Waals surface area contributed by atoms with Crippen molar-refractivity contribution >= 4 is 41.5 Å². The highest BCUT2D eigenvalue weighted by atomic mass is 16.4. The van der Waals surface area contributed by atoms with Crippen LogP contribution in [0.25, 0.3) is 0 Å². The quantitative estimate of drug-likeness (QED) is 0.0493. The number of phenols is 1. The minimum atomic E-state index is -1.41. The average molecular weight is 621 g/mol. The molecule has 1 aromatic rings. The minimum absolute atomic E-state index is 0.0152. The van der Waals surface area contributed by atoms with Crippen molar-refractivity contribution in [2.24, 2.45) is 11.5 Å². The molecular weight excluding hydrogens is 580 g/mol. The van der Waals surface area contributed by atoms with Gasteiger partial charge in [0.25, 0.3) is 0 Å². The highest BCUT2D eigenvalue weighted by Crippen LogP contribution is 2.20. The van der Waals surface area contributed by atoms with Crippen LogP contribution < -0.4 is 32.7 Å². The molecule has 242 valence electrons. The molecule has 0 saturated carbocycles. The summed E-state index contributed by atoms with van der Waals surface area (Å²) in [7, 11) is 0. The molecule has 17 nitrogen and oxygen atoms in total. The van der Waals surface area contributed by atoms with Crippen LogP contribution >= 0.6 is 0 Å². The number of guanidine groups is 1. The molecule has 0 aliphatic carbocycles. The van der Waals surface area contributed by atoms with E-state index >= 15 is 0 Å². The number of carboxylic acid groups (broad SMARTS) is 2. The number of nitrogens with zero attached hydrogens (tertiary/aromatic N) is 1. The number of phenolic OH excluding ortho intramolecular Hbond substituents is 1. The number of carbonyl (C=O) groups excluding carboxylic acids is 4. The Morgan fingerprint density at radius 2 is 1.61 bits per heavy atom. The number of amides is 4. The lowest BCUT2D eigenvalue weighted by atomic mass is 10.0. The predicted octanol–water partition coefficient (Wildman–Crippen LogP) is -2.45. The number of rotatable bonds is 17. The molecule has 0 radical (unpaired) electrons. The maximum absolute atomic E-state index is 13.4. The van der Waals surface area contributed by atoms with Crippen LogP contribution in [0.15, 0.2) is 24.3 Å². The van der Waals surface area contributed by atoms with Crippen molar-refractivity contribution in [1.82, 2.24) is 26.2 Å². The lowest BCUT2D eigenvalue weighted by Crippen LogP contribution is -2.57. The van der Waals surface area contributed by atoms with Gasteiger partial charge in [0.1, 0.15) is 30.4 Å². The minimum Gasteiger partial charge on any atom is -0.508 e. The molecule has 1 aliphatic heterocycles. The molecule has 4 amide bonds. The maximum Gasteiger partial charge on any atom is 0.322 e. The Morgan fingerprint density at radius 1 is 0.955 bits per heavy atom. The Kier molecular flexibility index (Phi) is 13.8. The van der Waals surface area contributed by atoms with Crippen LogP contribution in [-0.2, 0) is 35.2 Å². The van der Waals surface area contributed by atoms with E-state index in [2.05, 4.69) is 21.3 Å². The normalized spacial score (nSPS) is 16.2. The summed E-state index contributed by atoms with van der Waals surface area (Å²) in [5.41, 5.74) is 12.2. The highest BCUT2D eigenvalue weighted by Gasteiger charge is 2.38. The number of aliphatic carboxylic acids is 2. The molecule has 0 aromatic heterocycles. The molecule has 1 fully saturated rings. The second-order valence-corrected chi connectivity index (χ2v) is 10.3. The summed E-state index contributed by atoms with van der Waals surface area (Å²) in [6.45, 7) is -0.313. The SMILES string of the molecule is N=C(N)NCCC[C@@H](NC(=O)[C@H]1CCCN1C(=O)[C@H](N)Cc1ccc(O)cc1)C(=O)N[C@H](CCC(=O)O)C(=O)NCC(=O)O. The zero-order valence-corrected chi connectivity index (χ0v) is 24.1. The Morgan fingerprint density at radius 3 is 2.23 bits per heavy atom. The van der Waals surface area contributed by atoms with Crippen molar-refractivity contribution in [3.8, 4) is 5.75 Å². The summed E-state index contributed by atoms with van der Waals surface area (Å²) < 4.78 is 0.